The zero-order chi connectivity index (χ0) is 14.6. The van der Waals surface area contributed by atoms with Gasteiger partial charge in [-0.1, -0.05) is 12.8 Å². The molecule has 1 heterocycles. The molecule has 1 fully saturated rings. The van der Waals surface area contributed by atoms with E-state index in [0.717, 1.165) is 18.5 Å². The lowest BCUT2D eigenvalue weighted by atomic mass is 9.86. The van der Waals surface area contributed by atoms with Gasteiger partial charge in [0.05, 0.1) is 17.7 Å². The van der Waals surface area contributed by atoms with Crippen LogP contribution in [0.3, 0.4) is 0 Å². The third-order valence-electron chi connectivity index (χ3n) is 3.80. The van der Waals surface area contributed by atoms with E-state index in [0.29, 0.717) is 19.4 Å². The number of aryl methyl sites for hydroxylation is 1. The third-order valence-corrected chi connectivity index (χ3v) is 3.80. The maximum atomic E-state index is 11.7. The number of carbonyl (C=O) groups excluding carboxylic acids is 1. The first-order valence-corrected chi connectivity index (χ1v) is 6.75. The maximum Gasteiger partial charge on any atom is 0.315 e. The van der Waals surface area contributed by atoms with Crippen LogP contribution in [0.2, 0.25) is 0 Å². The maximum absolute atomic E-state index is 11.7. The highest BCUT2D eigenvalue weighted by Crippen LogP contribution is 2.37. The van der Waals surface area contributed by atoms with E-state index in [4.69, 9.17) is 0 Å². The minimum atomic E-state index is -0.819. The Hall–Kier alpha value is -2.05. The van der Waals surface area contributed by atoms with E-state index in [1.165, 1.54) is 0 Å². The lowest BCUT2D eigenvalue weighted by Crippen LogP contribution is -2.44. The summed E-state index contributed by atoms with van der Waals surface area (Å²) in [4.78, 5) is 23.0. The van der Waals surface area contributed by atoms with Crippen molar-refractivity contribution in [3.05, 3.63) is 18.0 Å². The molecule has 0 aliphatic heterocycles. The summed E-state index contributed by atoms with van der Waals surface area (Å²) in [6.07, 6.45) is 4.87. The topological polar surface area (TPSA) is 96.2 Å². The van der Waals surface area contributed by atoms with Gasteiger partial charge in [0.15, 0.2) is 0 Å². The Labute approximate surface area is 117 Å². The number of carbonyl (C=O) groups is 2. The Morgan fingerprint density at radius 1 is 1.40 bits per heavy atom. The van der Waals surface area contributed by atoms with Crippen LogP contribution >= 0.6 is 0 Å². The average molecular weight is 280 g/mol. The van der Waals surface area contributed by atoms with Gasteiger partial charge in [-0.2, -0.15) is 5.10 Å². The smallest absolute Gasteiger partial charge is 0.315 e. The zero-order valence-corrected chi connectivity index (χ0v) is 11.6. The van der Waals surface area contributed by atoms with Crippen LogP contribution in [0.25, 0.3) is 0 Å². The molecule has 2 amide bonds. The van der Waals surface area contributed by atoms with Crippen molar-refractivity contribution in [3.8, 4) is 0 Å². The Balaban J connectivity index is 1.78. The van der Waals surface area contributed by atoms with Crippen LogP contribution in [-0.2, 0) is 18.4 Å². The predicted molar refractivity (Wildman–Crippen MR) is 72.0 cm³/mol. The molecule has 1 saturated carbocycles. The molecule has 7 nitrogen and oxygen atoms in total. The number of carboxylic acid groups (broad SMARTS) is 1. The fraction of sp³-hybridized carbons (Fsp3) is 0.615. The molecule has 1 aromatic rings. The number of amides is 2. The molecule has 1 aliphatic rings. The van der Waals surface area contributed by atoms with Gasteiger partial charge in [-0.25, -0.2) is 4.79 Å². The summed E-state index contributed by atoms with van der Waals surface area (Å²) in [6, 6.07) is 1.46. The van der Waals surface area contributed by atoms with E-state index in [2.05, 4.69) is 15.7 Å². The normalized spacial score (nSPS) is 16.9. The van der Waals surface area contributed by atoms with Crippen molar-refractivity contribution < 1.29 is 14.7 Å². The summed E-state index contributed by atoms with van der Waals surface area (Å²) in [5.41, 5.74) is -0.0287. The van der Waals surface area contributed by atoms with Gasteiger partial charge in [0.25, 0.3) is 0 Å². The van der Waals surface area contributed by atoms with E-state index < -0.39 is 11.4 Å². The van der Waals surface area contributed by atoms with E-state index >= 15 is 0 Å². The van der Waals surface area contributed by atoms with Crippen LogP contribution in [-0.4, -0.2) is 33.4 Å². The van der Waals surface area contributed by atoms with E-state index in [1.807, 2.05) is 6.07 Å². The van der Waals surface area contributed by atoms with Crippen molar-refractivity contribution in [1.29, 1.82) is 0 Å². The molecule has 20 heavy (non-hydrogen) atoms. The molecular weight excluding hydrogens is 260 g/mol. The van der Waals surface area contributed by atoms with Crippen LogP contribution in [0.15, 0.2) is 12.3 Å². The van der Waals surface area contributed by atoms with Gasteiger partial charge in [0, 0.05) is 19.8 Å². The van der Waals surface area contributed by atoms with Gasteiger partial charge in [0.1, 0.15) is 0 Å². The lowest BCUT2D eigenvalue weighted by molar-refractivity contribution is -0.148. The largest absolute Gasteiger partial charge is 0.481 e. The minimum absolute atomic E-state index is 0.177. The summed E-state index contributed by atoms with van der Waals surface area (Å²) < 4.78 is 1.66. The fourth-order valence-electron chi connectivity index (χ4n) is 2.56. The second-order valence-corrected chi connectivity index (χ2v) is 5.31. The number of nitrogens with zero attached hydrogens (tertiary/aromatic N) is 2. The predicted octanol–water partition coefficient (Wildman–Crippen LogP) is 0.864. The number of nitrogens with one attached hydrogen (secondary N) is 2. The Morgan fingerprint density at radius 3 is 2.65 bits per heavy atom. The Bertz CT molecular complexity index is 492. The van der Waals surface area contributed by atoms with Crippen LogP contribution in [0, 0.1) is 5.41 Å². The molecule has 110 valence electrons. The van der Waals surface area contributed by atoms with Gasteiger partial charge >= 0.3 is 12.0 Å². The molecule has 0 radical (unpaired) electrons. The van der Waals surface area contributed by atoms with Crippen molar-refractivity contribution >= 4 is 12.0 Å². The number of hydrogen-bond donors (Lipinski definition) is 3. The van der Waals surface area contributed by atoms with Crippen molar-refractivity contribution in [2.45, 2.75) is 32.2 Å². The quantitative estimate of drug-likeness (QED) is 0.745. The van der Waals surface area contributed by atoms with Crippen LogP contribution in [0.1, 0.15) is 31.4 Å². The van der Waals surface area contributed by atoms with E-state index in [1.54, 1.807) is 17.9 Å². The second kappa shape index (κ2) is 5.94. The minimum Gasteiger partial charge on any atom is -0.481 e. The highest BCUT2D eigenvalue weighted by Gasteiger charge is 2.41. The summed E-state index contributed by atoms with van der Waals surface area (Å²) >= 11 is 0. The molecule has 1 aliphatic carbocycles. The number of aliphatic carboxylic acids is 1. The average Bonchev–Trinajstić information content (AvgIpc) is 3.03. The van der Waals surface area contributed by atoms with Gasteiger partial charge in [-0.05, 0) is 18.9 Å². The van der Waals surface area contributed by atoms with Crippen LogP contribution in [0.5, 0.6) is 0 Å². The Morgan fingerprint density at radius 2 is 2.10 bits per heavy atom. The highest BCUT2D eigenvalue weighted by molar-refractivity contribution is 5.78. The monoisotopic (exact) mass is 280 g/mol. The molecule has 0 spiro atoms. The summed E-state index contributed by atoms with van der Waals surface area (Å²) in [5.74, 6) is -0.819. The second-order valence-electron chi connectivity index (χ2n) is 5.31. The molecule has 0 unspecified atom stereocenters. The number of hydrogen-bond acceptors (Lipinski definition) is 3. The summed E-state index contributed by atoms with van der Waals surface area (Å²) in [6.45, 7) is 0.503. The van der Waals surface area contributed by atoms with Crippen LogP contribution in [0.4, 0.5) is 4.79 Å². The zero-order valence-electron chi connectivity index (χ0n) is 11.6. The molecule has 1 aromatic heterocycles. The number of urea groups is 1. The van der Waals surface area contributed by atoms with Crippen molar-refractivity contribution in [1.82, 2.24) is 20.4 Å². The first-order valence-electron chi connectivity index (χ1n) is 6.75. The van der Waals surface area contributed by atoms with Crippen LogP contribution < -0.4 is 10.6 Å². The molecule has 0 bridgehead atoms. The molecular formula is C13H20N4O3. The van der Waals surface area contributed by atoms with Gasteiger partial charge in [-0.15, -0.1) is 0 Å². The van der Waals surface area contributed by atoms with Gasteiger partial charge < -0.3 is 15.7 Å². The molecule has 0 saturated heterocycles. The van der Waals surface area contributed by atoms with E-state index in [-0.39, 0.29) is 12.6 Å². The molecule has 2 rings (SSSR count). The standard InChI is InChI=1S/C13H20N4O3/c1-17-7-4-10(16-17)8-14-12(20)15-9-13(11(18)19)5-2-3-6-13/h4,7H,2-3,5-6,8-9H2,1H3,(H,18,19)(H2,14,15,20). The number of aromatic nitrogens is 2. The third kappa shape index (κ3) is 3.28. The summed E-state index contributed by atoms with van der Waals surface area (Å²) in [5, 5.41) is 18.8. The van der Waals surface area contributed by atoms with E-state index in [9.17, 15) is 14.7 Å². The molecule has 7 heteroatoms. The Kier molecular flexibility index (Phi) is 4.26. The first kappa shape index (κ1) is 14.4. The molecule has 0 aromatic carbocycles. The fourth-order valence-corrected chi connectivity index (χ4v) is 2.56. The SMILES string of the molecule is Cn1ccc(CNC(=O)NCC2(C(=O)O)CCCC2)n1. The van der Waals surface area contributed by atoms with Crippen molar-refractivity contribution in [2.75, 3.05) is 6.54 Å². The molecule has 3 N–H and O–H groups in total. The van der Waals surface area contributed by atoms with Gasteiger partial charge in [0.2, 0.25) is 0 Å². The molecule has 0 atom stereocenters. The van der Waals surface area contributed by atoms with Crippen molar-refractivity contribution in [3.63, 3.8) is 0 Å². The number of rotatable bonds is 5. The summed E-state index contributed by atoms with van der Waals surface area (Å²) in [7, 11) is 1.81. The van der Waals surface area contributed by atoms with Crippen molar-refractivity contribution in [2.24, 2.45) is 12.5 Å². The van der Waals surface area contributed by atoms with Gasteiger partial charge in [-0.3, -0.25) is 9.48 Å². The lowest BCUT2D eigenvalue weighted by Gasteiger charge is -2.23. The highest BCUT2D eigenvalue weighted by atomic mass is 16.4. The first-order chi connectivity index (χ1) is 9.52. The number of carboxylic acids is 1.